The molecule has 0 atom stereocenters. The molecule has 2 nitrogen and oxygen atoms in total. The van der Waals surface area contributed by atoms with Crippen molar-refractivity contribution in [3.63, 3.8) is 0 Å². The Hall–Kier alpha value is -7.16. The number of hydrogen-bond acceptors (Lipinski definition) is 2. The minimum Gasteiger partial charge on any atom is -0.310 e. The molecule has 9 rings (SSSR count). The smallest absolute Gasteiger partial charge is 0.0465 e. The van der Waals surface area contributed by atoms with Crippen LogP contribution in [0.4, 0.5) is 34.1 Å². The van der Waals surface area contributed by atoms with Crippen LogP contribution in [0.2, 0.25) is 0 Å². The van der Waals surface area contributed by atoms with Gasteiger partial charge in [-0.2, -0.15) is 0 Å². The molecule has 8 aromatic rings. The van der Waals surface area contributed by atoms with E-state index in [1.807, 2.05) is 0 Å². The predicted octanol–water partition coefficient (Wildman–Crippen LogP) is 16.1. The van der Waals surface area contributed by atoms with Crippen LogP contribution in [-0.2, 0) is 5.41 Å². The number of para-hydroxylation sites is 2. The fourth-order valence-electron chi connectivity index (χ4n) is 8.79. The van der Waals surface area contributed by atoms with E-state index >= 15 is 0 Å². The van der Waals surface area contributed by atoms with Gasteiger partial charge in [-0.3, -0.25) is 0 Å². The minimum absolute atomic E-state index is 0.139. The van der Waals surface area contributed by atoms with Crippen molar-refractivity contribution in [3.05, 3.63) is 240 Å². The summed E-state index contributed by atoms with van der Waals surface area (Å²) in [5.74, 6) is 0. The molecule has 1 aliphatic rings. The molecule has 0 unspecified atom stereocenters. The summed E-state index contributed by atoms with van der Waals surface area (Å²) >= 11 is 0. The number of hydrogen-bond donors (Lipinski definition) is 0. The Balaban J connectivity index is 1.08. The summed E-state index contributed by atoms with van der Waals surface area (Å²) in [6, 6.07) is 74.5. The second kappa shape index (κ2) is 16.7. The largest absolute Gasteiger partial charge is 0.310 e. The Kier molecular flexibility index (Phi) is 10.6. The van der Waals surface area contributed by atoms with Crippen molar-refractivity contribution in [2.45, 2.75) is 32.1 Å². The Morgan fingerprint density at radius 1 is 0.322 bits per heavy atom. The lowest BCUT2D eigenvalue weighted by molar-refractivity contribution is 0.490. The van der Waals surface area contributed by atoms with Gasteiger partial charge in [0.1, 0.15) is 0 Å². The summed E-state index contributed by atoms with van der Waals surface area (Å²) in [7, 11) is 0. The molecule has 2 heteroatoms. The zero-order valence-electron chi connectivity index (χ0n) is 33.7. The second-order valence-corrected chi connectivity index (χ2v) is 15.3. The Morgan fingerprint density at radius 2 is 0.610 bits per heavy atom. The maximum Gasteiger partial charge on any atom is 0.0465 e. The van der Waals surface area contributed by atoms with E-state index in [1.165, 1.54) is 44.5 Å². The van der Waals surface area contributed by atoms with Crippen molar-refractivity contribution in [1.82, 2.24) is 0 Å². The quantitative estimate of drug-likeness (QED) is 0.114. The first-order valence-corrected chi connectivity index (χ1v) is 20.8. The Bertz CT molecular complexity index is 2510. The van der Waals surface area contributed by atoms with Gasteiger partial charge in [-0.15, -0.1) is 0 Å². The minimum atomic E-state index is -0.139. The molecule has 1 aliphatic carbocycles. The van der Waals surface area contributed by atoms with E-state index in [1.54, 1.807) is 0 Å². The molecule has 0 fully saturated rings. The Morgan fingerprint density at radius 3 is 0.949 bits per heavy atom. The average Bonchev–Trinajstić information content (AvgIpc) is 3.58. The van der Waals surface area contributed by atoms with Crippen molar-refractivity contribution in [2.75, 3.05) is 9.80 Å². The van der Waals surface area contributed by atoms with Crippen molar-refractivity contribution in [2.24, 2.45) is 0 Å². The number of fused-ring (bicyclic) bond motifs is 3. The molecule has 59 heavy (non-hydrogen) atoms. The number of benzene rings is 8. The van der Waals surface area contributed by atoms with Crippen LogP contribution in [0.15, 0.2) is 206 Å². The van der Waals surface area contributed by atoms with Crippen LogP contribution < -0.4 is 9.80 Å². The van der Waals surface area contributed by atoms with Crippen molar-refractivity contribution in [3.8, 4) is 11.1 Å². The summed E-state index contributed by atoms with van der Waals surface area (Å²) in [4.78, 5) is 4.79. The van der Waals surface area contributed by atoms with Gasteiger partial charge in [0.25, 0.3) is 0 Å². The van der Waals surface area contributed by atoms with Crippen LogP contribution in [0.1, 0.15) is 60.1 Å². The zero-order valence-corrected chi connectivity index (χ0v) is 33.7. The van der Waals surface area contributed by atoms with Gasteiger partial charge in [0.2, 0.25) is 0 Å². The lowest BCUT2D eigenvalue weighted by atomic mass is 9.73. The predicted molar refractivity (Wildman–Crippen MR) is 253 cm³/mol. The number of nitrogens with zero attached hydrogens (tertiary/aromatic N) is 2. The highest BCUT2D eigenvalue weighted by atomic mass is 15.1. The molecule has 286 valence electrons. The SMILES string of the molecule is CCC1(CC)c2cc(N(c3ccccc3)c3ccc(/C=C/c4ccccc4)cc3)ccc2-c2ccc(N(c3ccccc3)c3ccc(/C=C/c4ccccc4)cc3)cc21. The monoisotopic (exact) mass is 760 g/mol. The van der Waals surface area contributed by atoms with Gasteiger partial charge in [0.15, 0.2) is 0 Å². The van der Waals surface area contributed by atoms with Gasteiger partial charge in [-0.1, -0.05) is 172 Å². The van der Waals surface area contributed by atoms with Gasteiger partial charge in [0.05, 0.1) is 0 Å². The van der Waals surface area contributed by atoms with Gasteiger partial charge < -0.3 is 9.80 Å². The average molecular weight is 761 g/mol. The molecule has 0 saturated carbocycles. The topological polar surface area (TPSA) is 6.48 Å². The molecule has 0 aliphatic heterocycles. The number of rotatable bonds is 12. The number of anilines is 6. The van der Waals surface area contributed by atoms with E-state index < -0.39 is 0 Å². The first-order valence-electron chi connectivity index (χ1n) is 20.8. The van der Waals surface area contributed by atoms with Crippen molar-refractivity contribution in [1.29, 1.82) is 0 Å². The van der Waals surface area contributed by atoms with Gasteiger partial charge in [-0.25, -0.2) is 0 Å². The first-order chi connectivity index (χ1) is 29.1. The highest BCUT2D eigenvalue weighted by molar-refractivity contribution is 5.89. The summed E-state index contributed by atoms with van der Waals surface area (Å²) < 4.78 is 0. The molecule has 0 amide bonds. The van der Waals surface area contributed by atoms with Crippen LogP contribution in [0, 0.1) is 0 Å². The van der Waals surface area contributed by atoms with E-state index in [0.29, 0.717) is 0 Å². The van der Waals surface area contributed by atoms with E-state index in [4.69, 9.17) is 0 Å². The second-order valence-electron chi connectivity index (χ2n) is 15.3. The van der Waals surface area contributed by atoms with Crippen LogP contribution in [0.3, 0.4) is 0 Å². The normalized spacial score (nSPS) is 12.7. The van der Waals surface area contributed by atoms with Crippen molar-refractivity contribution < 1.29 is 0 Å². The highest BCUT2D eigenvalue weighted by Gasteiger charge is 2.41. The molecule has 8 aromatic carbocycles. The van der Waals surface area contributed by atoms with Crippen molar-refractivity contribution >= 4 is 58.4 Å². The standard InChI is InChI=1S/C57H48N2/c1-3-57(4-2)55-41-51(58(47-21-13-7-14-22-47)49-33-29-45(30-34-49)27-25-43-17-9-5-10-18-43)37-39-53(55)54-40-38-52(42-56(54)57)59(48-23-15-8-16-24-48)50-35-31-46(32-36-50)28-26-44-19-11-6-12-20-44/h5-42H,3-4H2,1-2H3/b27-25+,28-26+. The van der Waals surface area contributed by atoms with Crippen LogP contribution >= 0.6 is 0 Å². The fraction of sp³-hybridized carbons (Fsp3) is 0.0877. The van der Waals surface area contributed by atoms with Crippen LogP contribution in [0.5, 0.6) is 0 Å². The van der Waals surface area contributed by atoms with Crippen LogP contribution in [0.25, 0.3) is 35.4 Å². The molecular weight excluding hydrogens is 713 g/mol. The lowest BCUT2D eigenvalue weighted by Crippen LogP contribution is -2.24. The molecule has 0 bridgehead atoms. The zero-order chi connectivity index (χ0) is 40.0. The first kappa shape index (κ1) is 37.4. The molecule has 0 heterocycles. The molecule has 0 radical (unpaired) electrons. The summed E-state index contributed by atoms with van der Waals surface area (Å²) in [6.07, 6.45) is 10.7. The third kappa shape index (κ3) is 7.54. The van der Waals surface area contributed by atoms with E-state index in [-0.39, 0.29) is 5.41 Å². The molecule has 0 spiro atoms. The fourth-order valence-corrected chi connectivity index (χ4v) is 8.79. The van der Waals surface area contributed by atoms with Gasteiger partial charge >= 0.3 is 0 Å². The van der Waals surface area contributed by atoms with Gasteiger partial charge in [0, 0.05) is 39.5 Å². The highest BCUT2D eigenvalue weighted by Crippen LogP contribution is 2.55. The summed E-state index contributed by atoms with van der Waals surface area (Å²) in [6.45, 7) is 4.71. The third-order valence-corrected chi connectivity index (χ3v) is 11.9. The van der Waals surface area contributed by atoms with Crippen LogP contribution in [-0.4, -0.2) is 0 Å². The summed E-state index contributed by atoms with van der Waals surface area (Å²) in [5.41, 5.74) is 16.9. The maximum absolute atomic E-state index is 2.47. The molecular formula is C57H48N2. The van der Waals surface area contributed by atoms with Gasteiger partial charge in [-0.05, 0) is 130 Å². The molecule has 0 aromatic heterocycles. The molecule has 0 saturated heterocycles. The van der Waals surface area contributed by atoms with E-state index in [2.05, 4.69) is 254 Å². The summed E-state index contributed by atoms with van der Waals surface area (Å²) in [5, 5.41) is 0. The third-order valence-electron chi connectivity index (χ3n) is 11.9. The Labute approximate surface area is 349 Å². The lowest BCUT2D eigenvalue weighted by Gasteiger charge is -2.33. The van der Waals surface area contributed by atoms with E-state index in [9.17, 15) is 0 Å². The van der Waals surface area contributed by atoms with E-state index in [0.717, 1.165) is 47.0 Å². The molecule has 0 N–H and O–H groups in total. The maximum atomic E-state index is 2.47.